The Morgan fingerprint density at radius 1 is 1.37 bits per heavy atom. The van der Waals surface area contributed by atoms with Crippen molar-refractivity contribution < 1.29 is 14.6 Å². The predicted molar refractivity (Wildman–Crippen MR) is 112 cm³/mol. The third kappa shape index (κ3) is 4.58. The number of likely N-dealkylation sites (N-methyl/N-ethyl adjacent to an activating group) is 1. The van der Waals surface area contributed by atoms with Gasteiger partial charge in [-0.1, -0.05) is 6.07 Å². The van der Waals surface area contributed by atoms with Gasteiger partial charge in [-0.2, -0.15) is 0 Å². The second kappa shape index (κ2) is 8.37. The van der Waals surface area contributed by atoms with E-state index < -0.39 is 5.60 Å². The summed E-state index contributed by atoms with van der Waals surface area (Å²) in [6.07, 6.45) is 3.90. The molecule has 30 heavy (non-hydrogen) atoms. The second-order valence-corrected chi connectivity index (χ2v) is 7.89. The van der Waals surface area contributed by atoms with Crippen LogP contribution < -0.4 is 4.90 Å². The number of H-pyrrole nitrogens is 1. The fraction of sp³-hybridized carbons (Fsp3) is 0.429. The number of β-amino-alcohol motifs (C(OH)–C–C–N with tert-alkyl or cyclic N) is 1. The van der Waals surface area contributed by atoms with Crippen molar-refractivity contribution in [3.63, 3.8) is 0 Å². The standard InChI is InChI=1S/C21H26N6O3/c1-15-4-5-16-17(10-15)25-18(24-16)11-30-12-19(28)26(2)13-21(29)6-9-27(14-21)20-22-7-3-8-23-20/h3-5,7-8,10,29H,6,9,11-14H2,1-2H3,(H,24,25). The minimum atomic E-state index is -1.000. The van der Waals surface area contributed by atoms with Crippen LogP contribution in [0.15, 0.2) is 36.7 Å². The maximum absolute atomic E-state index is 12.5. The zero-order valence-corrected chi connectivity index (χ0v) is 17.2. The van der Waals surface area contributed by atoms with E-state index >= 15 is 0 Å². The molecular weight excluding hydrogens is 384 g/mol. The van der Waals surface area contributed by atoms with Crippen molar-refractivity contribution >= 4 is 22.9 Å². The largest absolute Gasteiger partial charge is 0.386 e. The first-order valence-corrected chi connectivity index (χ1v) is 9.93. The number of hydrogen-bond donors (Lipinski definition) is 2. The number of anilines is 1. The summed E-state index contributed by atoms with van der Waals surface area (Å²) in [5.74, 6) is 1.08. The van der Waals surface area contributed by atoms with Crippen LogP contribution in [0.25, 0.3) is 11.0 Å². The highest BCUT2D eigenvalue weighted by atomic mass is 16.5. The van der Waals surface area contributed by atoms with Crippen LogP contribution in [0.4, 0.5) is 5.95 Å². The predicted octanol–water partition coefficient (Wildman–Crippen LogP) is 1.28. The maximum atomic E-state index is 12.5. The fourth-order valence-corrected chi connectivity index (χ4v) is 3.73. The van der Waals surface area contributed by atoms with E-state index in [0.29, 0.717) is 31.3 Å². The average Bonchev–Trinajstić information content (AvgIpc) is 3.31. The Balaban J connectivity index is 1.26. The Kier molecular flexibility index (Phi) is 5.65. The zero-order valence-electron chi connectivity index (χ0n) is 17.2. The highest BCUT2D eigenvalue weighted by Gasteiger charge is 2.38. The van der Waals surface area contributed by atoms with Crippen molar-refractivity contribution in [1.29, 1.82) is 0 Å². The van der Waals surface area contributed by atoms with Gasteiger partial charge in [0.15, 0.2) is 0 Å². The third-order valence-corrected chi connectivity index (χ3v) is 5.28. The summed E-state index contributed by atoms with van der Waals surface area (Å²) in [6, 6.07) is 7.74. The van der Waals surface area contributed by atoms with Crippen molar-refractivity contribution in [2.45, 2.75) is 25.6 Å². The molecule has 2 aromatic heterocycles. The number of benzene rings is 1. The van der Waals surface area contributed by atoms with E-state index in [1.165, 1.54) is 4.90 Å². The number of aryl methyl sites for hydroxylation is 1. The molecule has 0 aliphatic carbocycles. The van der Waals surface area contributed by atoms with Gasteiger partial charge in [0.25, 0.3) is 0 Å². The number of carbonyl (C=O) groups is 1. The van der Waals surface area contributed by atoms with Crippen molar-refractivity contribution in [1.82, 2.24) is 24.8 Å². The Morgan fingerprint density at radius 2 is 2.17 bits per heavy atom. The molecule has 9 heteroatoms. The van der Waals surface area contributed by atoms with Gasteiger partial charge in [-0.05, 0) is 37.1 Å². The molecule has 0 radical (unpaired) electrons. The monoisotopic (exact) mass is 410 g/mol. The smallest absolute Gasteiger partial charge is 0.248 e. The van der Waals surface area contributed by atoms with Crippen molar-refractivity contribution in [3.8, 4) is 0 Å². The van der Waals surface area contributed by atoms with E-state index in [0.717, 1.165) is 16.6 Å². The van der Waals surface area contributed by atoms with E-state index in [2.05, 4.69) is 19.9 Å². The lowest BCUT2D eigenvalue weighted by Gasteiger charge is -2.29. The molecule has 9 nitrogen and oxygen atoms in total. The third-order valence-electron chi connectivity index (χ3n) is 5.28. The summed E-state index contributed by atoms with van der Waals surface area (Å²) in [6.45, 7) is 3.42. The average molecular weight is 410 g/mol. The van der Waals surface area contributed by atoms with E-state index in [-0.39, 0.29) is 25.7 Å². The minimum Gasteiger partial charge on any atom is -0.386 e. The number of aromatic amines is 1. The molecule has 0 saturated carbocycles. The van der Waals surface area contributed by atoms with Crippen LogP contribution in [-0.4, -0.2) is 74.7 Å². The summed E-state index contributed by atoms with van der Waals surface area (Å²) >= 11 is 0. The number of nitrogens with one attached hydrogen (secondary N) is 1. The lowest BCUT2D eigenvalue weighted by atomic mass is 10.0. The van der Waals surface area contributed by atoms with Gasteiger partial charge in [0.05, 0.1) is 24.1 Å². The number of imidazole rings is 1. The molecule has 1 aliphatic rings. The highest BCUT2D eigenvalue weighted by molar-refractivity contribution is 5.77. The van der Waals surface area contributed by atoms with Crippen LogP contribution in [-0.2, 0) is 16.1 Å². The van der Waals surface area contributed by atoms with Gasteiger partial charge >= 0.3 is 0 Å². The molecule has 1 fully saturated rings. The number of carbonyl (C=O) groups excluding carboxylic acids is 1. The molecule has 2 N–H and O–H groups in total. The first kappa shape index (κ1) is 20.2. The minimum absolute atomic E-state index is 0.0752. The summed E-state index contributed by atoms with van der Waals surface area (Å²) in [4.78, 5) is 32.0. The van der Waals surface area contributed by atoms with Gasteiger partial charge in [0.2, 0.25) is 11.9 Å². The van der Waals surface area contributed by atoms with Gasteiger partial charge in [-0.15, -0.1) is 0 Å². The van der Waals surface area contributed by atoms with Gasteiger partial charge < -0.3 is 24.6 Å². The number of fused-ring (bicyclic) bond motifs is 1. The Hall–Kier alpha value is -3.04. The molecule has 1 saturated heterocycles. The molecule has 1 amide bonds. The van der Waals surface area contributed by atoms with E-state index in [9.17, 15) is 9.90 Å². The normalized spacial score (nSPS) is 18.8. The van der Waals surface area contributed by atoms with Crippen LogP contribution >= 0.6 is 0 Å². The molecule has 158 valence electrons. The number of amides is 1. The molecule has 3 aromatic rings. The number of nitrogens with zero attached hydrogens (tertiary/aromatic N) is 5. The summed E-state index contributed by atoms with van der Waals surface area (Å²) in [5.41, 5.74) is 1.98. The first-order chi connectivity index (χ1) is 14.4. The molecule has 1 atom stereocenters. The maximum Gasteiger partial charge on any atom is 0.248 e. The Morgan fingerprint density at radius 3 is 2.97 bits per heavy atom. The molecule has 3 heterocycles. The van der Waals surface area contributed by atoms with Gasteiger partial charge in [0, 0.05) is 26.0 Å². The van der Waals surface area contributed by atoms with Crippen LogP contribution in [0.1, 0.15) is 17.8 Å². The van der Waals surface area contributed by atoms with E-state index in [1.54, 1.807) is 25.5 Å². The van der Waals surface area contributed by atoms with Crippen LogP contribution in [0, 0.1) is 6.92 Å². The molecular formula is C21H26N6O3. The molecule has 1 aromatic carbocycles. The van der Waals surface area contributed by atoms with Crippen LogP contribution in [0.3, 0.4) is 0 Å². The number of aliphatic hydroxyl groups is 1. The number of aromatic nitrogens is 4. The number of hydrogen-bond acceptors (Lipinski definition) is 7. The molecule has 1 unspecified atom stereocenters. The SMILES string of the molecule is Cc1ccc2nc(COCC(=O)N(C)CC3(O)CCN(c4ncccn4)C3)[nH]c2c1. The van der Waals surface area contributed by atoms with Crippen molar-refractivity contribution in [2.75, 3.05) is 38.2 Å². The van der Waals surface area contributed by atoms with Gasteiger partial charge in [-0.3, -0.25) is 4.79 Å². The molecule has 0 bridgehead atoms. The highest BCUT2D eigenvalue weighted by Crippen LogP contribution is 2.25. The first-order valence-electron chi connectivity index (χ1n) is 9.93. The number of ether oxygens (including phenoxy) is 1. The molecule has 4 rings (SSSR count). The van der Waals surface area contributed by atoms with Crippen LogP contribution in [0.5, 0.6) is 0 Å². The van der Waals surface area contributed by atoms with Gasteiger partial charge in [0.1, 0.15) is 24.6 Å². The fourth-order valence-electron chi connectivity index (χ4n) is 3.73. The molecule has 1 aliphatic heterocycles. The summed E-state index contributed by atoms with van der Waals surface area (Å²) < 4.78 is 5.55. The van der Waals surface area contributed by atoms with Crippen molar-refractivity contribution in [3.05, 3.63) is 48.0 Å². The molecule has 0 spiro atoms. The second-order valence-electron chi connectivity index (χ2n) is 7.89. The van der Waals surface area contributed by atoms with E-state index in [1.807, 2.05) is 30.0 Å². The topological polar surface area (TPSA) is 107 Å². The van der Waals surface area contributed by atoms with Crippen LogP contribution in [0.2, 0.25) is 0 Å². The van der Waals surface area contributed by atoms with Crippen molar-refractivity contribution in [2.24, 2.45) is 0 Å². The Labute approximate surface area is 174 Å². The lowest BCUT2D eigenvalue weighted by Crippen LogP contribution is -2.46. The summed E-state index contributed by atoms with van der Waals surface area (Å²) in [5, 5.41) is 10.9. The van der Waals surface area contributed by atoms with E-state index in [4.69, 9.17) is 4.74 Å². The van der Waals surface area contributed by atoms with Gasteiger partial charge in [-0.25, -0.2) is 15.0 Å². The quantitative estimate of drug-likeness (QED) is 0.604. The Bertz CT molecular complexity index is 1020. The lowest BCUT2D eigenvalue weighted by molar-refractivity contribution is -0.138. The zero-order chi connectivity index (χ0) is 21.1. The summed E-state index contributed by atoms with van der Waals surface area (Å²) in [7, 11) is 1.68. The number of rotatable bonds is 7.